The van der Waals surface area contributed by atoms with Gasteiger partial charge in [0.2, 0.25) is 0 Å². The Morgan fingerprint density at radius 2 is 1.67 bits per heavy atom. The van der Waals surface area contributed by atoms with Gasteiger partial charge in [0.25, 0.3) is 0 Å². The van der Waals surface area contributed by atoms with E-state index in [4.69, 9.17) is 11.6 Å². The summed E-state index contributed by atoms with van der Waals surface area (Å²) in [6.45, 7) is 2.04. The first-order chi connectivity index (χ1) is 10.1. The zero-order valence-corrected chi connectivity index (χ0v) is 15.4. The second-order valence-electron chi connectivity index (χ2n) is 5.42. The molecule has 1 aliphatic heterocycles. The van der Waals surface area contributed by atoms with Crippen LogP contribution in [0.3, 0.4) is 0 Å². The summed E-state index contributed by atoms with van der Waals surface area (Å²) in [4.78, 5) is 0. The van der Waals surface area contributed by atoms with Crippen LogP contribution in [0.5, 0.6) is 0 Å². The van der Waals surface area contributed by atoms with Gasteiger partial charge in [-0.15, -0.1) is 0 Å². The van der Waals surface area contributed by atoms with Gasteiger partial charge in [0.15, 0.2) is 0 Å². The van der Waals surface area contributed by atoms with E-state index in [2.05, 4.69) is 73.6 Å². The Morgan fingerprint density at radius 1 is 0.952 bits per heavy atom. The largest absolute Gasteiger partial charge is 0.316 e. The summed E-state index contributed by atoms with van der Waals surface area (Å²) >= 11 is 13.5. The van der Waals surface area contributed by atoms with Crippen LogP contribution in [0.2, 0.25) is 5.02 Å². The van der Waals surface area contributed by atoms with Crippen molar-refractivity contribution in [1.29, 1.82) is 0 Å². The first-order valence-electron chi connectivity index (χ1n) is 7.06. The second kappa shape index (κ2) is 6.82. The van der Waals surface area contributed by atoms with E-state index in [1.165, 1.54) is 11.1 Å². The van der Waals surface area contributed by atoms with Crippen molar-refractivity contribution >= 4 is 43.5 Å². The fourth-order valence-electron chi connectivity index (χ4n) is 3.09. The molecule has 2 atom stereocenters. The predicted molar refractivity (Wildman–Crippen MR) is 96.3 cm³/mol. The molecule has 2 unspecified atom stereocenters. The van der Waals surface area contributed by atoms with Crippen LogP contribution >= 0.6 is 43.5 Å². The van der Waals surface area contributed by atoms with E-state index in [-0.39, 0.29) is 0 Å². The highest BCUT2D eigenvalue weighted by Gasteiger charge is 2.29. The molecular weight excluding hydrogens is 413 g/mol. The standard InChI is InChI=1S/C17H16Br2ClN/c18-12-3-1-11(2-4-12)16-10-21-8-7-14(16)15-6-5-13(19)9-17(15)20/h1-6,9,14,16,21H,7-8,10H2. The third-order valence-corrected chi connectivity index (χ3v) is 5.49. The van der Waals surface area contributed by atoms with Crippen LogP contribution in [0.15, 0.2) is 51.4 Å². The second-order valence-corrected chi connectivity index (χ2v) is 7.66. The van der Waals surface area contributed by atoms with E-state index in [0.29, 0.717) is 11.8 Å². The number of rotatable bonds is 2. The number of piperidine rings is 1. The summed E-state index contributed by atoms with van der Waals surface area (Å²) in [5.74, 6) is 0.929. The summed E-state index contributed by atoms with van der Waals surface area (Å²) in [5.41, 5.74) is 2.63. The highest BCUT2D eigenvalue weighted by Crippen LogP contribution is 2.41. The van der Waals surface area contributed by atoms with Gasteiger partial charge in [-0.1, -0.05) is 61.7 Å². The molecule has 3 rings (SSSR count). The maximum Gasteiger partial charge on any atom is 0.0452 e. The average molecular weight is 430 g/mol. The molecule has 1 nitrogen and oxygen atoms in total. The maximum atomic E-state index is 6.48. The van der Waals surface area contributed by atoms with Crippen LogP contribution in [0.25, 0.3) is 0 Å². The molecule has 21 heavy (non-hydrogen) atoms. The molecule has 4 heteroatoms. The Hall–Kier alpha value is -0.350. The van der Waals surface area contributed by atoms with E-state index in [1.807, 2.05) is 6.07 Å². The Bertz CT molecular complexity index is 627. The van der Waals surface area contributed by atoms with Gasteiger partial charge in [0, 0.05) is 26.4 Å². The van der Waals surface area contributed by atoms with Crippen molar-refractivity contribution < 1.29 is 0 Å². The van der Waals surface area contributed by atoms with E-state index in [9.17, 15) is 0 Å². The highest BCUT2D eigenvalue weighted by atomic mass is 79.9. The molecule has 0 radical (unpaired) electrons. The number of benzene rings is 2. The van der Waals surface area contributed by atoms with Crippen molar-refractivity contribution in [2.75, 3.05) is 13.1 Å². The molecule has 1 fully saturated rings. The topological polar surface area (TPSA) is 12.0 Å². The van der Waals surface area contributed by atoms with E-state index >= 15 is 0 Å². The zero-order chi connectivity index (χ0) is 14.8. The summed E-state index contributed by atoms with van der Waals surface area (Å²) in [6.07, 6.45) is 1.11. The Labute approximate surface area is 147 Å². The monoisotopic (exact) mass is 427 g/mol. The number of hydrogen-bond acceptors (Lipinski definition) is 1. The van der Waals surface area contributed by atoms with Crippen molar-refractivity contribution in [2.45, 2.75) is 18.3 Å². The summed E-state index contributed by atoms with van der Waals surface area (Å²) in [6, 6.07) is 14.9. The third-order valence-electron chi connectivity index (χ3n) is 4.14. The van der Waals surface area contributed by atoms with E-state index in [1.54, 1.807) is 0 Å². The molecule has 2 aromatic rings. The lowest BCUT2D eigenvalue weighted by Crippen LogP contribution is -2.34. The lowest BCUT2D eigenvalue weighted by molar-refractivity contribution is 0.404. The Morgan fingerprint density at radius 3 is 2.38 bits per heavy atom. The minimum absolute atomic E-state index is 0.463. The van der Waals surface area contributed by atoms with Crippen molar-refractivity contribution in [3.8, 4) is 0 Å². The number of hydrogen-bond donors (Lipinski definition) is 1. The predicted octanol–water partition coefficient (Wildman–Crippen LogP) is 5.73. The lowest BCUT2D eigenvalue weighted by atomic mass is 9.77. The van der Waals surface area contributed by atoms with Crippen LogP contribution in [-0.4, -0.2) is 13.1 Å². The zero-order valence-electron chi connectivity index (χ0n) is 11.5. The van der Waals surface area contributed by atoms with Crippen molar-refractivity contribution in [3.63, 3.8) is 0 Å². The van der Waals surface area contributed by atoms with Crippen molar-refractivity contribution in [1.82, 2.24) is 5.32 Å². The molecule has 0 amide bonds. The van der Waals surface area contributed by atoms with Crippen LogP contribution < -0.4 is 5.32 Å². The molecule has 1 aliphatic rings. The highest BCUT2D eigenvalue weighted by molar-refractivity contribution is 9.10. The maximum absolute atomic E-state index is 6.48. The van der Waals surface area contributed by atoms with Crippen LogP contribution in [0.4, 0.5) is 0 Å². The fraction of sp³-hybridized carbons (Fsp3) is 0.294. The normalized spacial score (nSPS) is 22.2. The molecular formula is C17H16Br2ClN. The summed E-state index contributed by atoms with van der Waals surface area (Å²) in [7, 11) is 0. The molecule has 2 aromatic carbocycles. The molecule has 110 valence electrons. The van der Waals surface area contributed by atoms with Gasteiger partial charge in [-0.3, -0.25) is 0 Å². The van der Waals surface area contributed by atoms with E-state index < -0.39 is 0 Å². The minimum Gasteiger partial charge on any atom is -0.316 e. The summed E-state index contributed by atoms with van der Waals surface area (Å²) < 4.78 is 2.15. The van der Waals surface area contributed by atoms with Crippen LogP contribution in [0.1, 0.15) is 29.4 Å². The average Bonchev–Trinajstić information content (AvgIpc) is 2.48. The van der Waals surface area contributed by atoms with Gasteiger partial charge in [-0.2, -0.15) is 0 Å². The third kappa shape index (κ3) is 3.53. The van der Waals surface area contributed by atoms with Gasteiger partial charge < -0.3 is 5.32 Å². The molecule has 0 aliphatic carbocycles. The van der Waals surface area contributed by atoms with Gasteiger partial charge in [-0.05, 0) is 54.3 Å². The van der Waals surface area contributed by atoms with Gasteiger partial charge in [0.05, 0.1) is 0 Å². The minimum atomic E-state index is 0.463. The molecule has 0 spiro atoms. The Balaban J connectivity index is 1.96. The number of nitrogens with one attached hydrogen (secondary N) is 1. The molecule has 1 heterocycles. The molecule has 0 saturated carbocycles. The van der Waals surface area contributed by atoms with Gasteiger partial charge in [0.1, 0.15) is 0 Å². The van der Waals surface area contributed by atoms with Crippen molar-refractivity contribution in [3.05, 3.63) is 67.6 Å². The Kier molecular flexibility index (Phi) is 5.05. The molecule has 0 bridgehead atoms. The van der Waals surface area contributed by atoms with Gasteiger partial charge >= 0.3 is 0 Å². The SMILES string of the molecule is Clc1cc(Br)ccc1C1CCNCC1c1ccc(Br)cc1. The number of halogens is 3. The first kappa shape index (κ1) is 15.5. The quantitative estimate of drug-likeness (QED) is 0.643. The first-order valence-corrected chi connectivity index (χ1v) is 9.02. The molecule has 0 aromatic heterocycles. The fourth-order valence-corrected chi connectivity index (χ4v) is 4.17. The van der Waals surface area contributed by atoms with Gasteiger partial charge in [-0.25, -0.2) is 0 Å². The summed E-state index contributed by atoms with van der Waals surface area (Å²) in [5, 5.41) is 4.37. The smallest absolute Gasteiger partial charge is 0.0452 e. The molecule has 1 saturated heterocycles. The molecule has 1 N–H and O–H groups in total. The van der Waals surface area contributed by atoms with E-state index in [0.717, 1.165) is 33.5 Å². The van der Waals surface area contributed by atoms with Crippen LogP contribution in [-0.2, 0) is 0 Å². The van der Waals surface area contributed by atoms with Crippen molar-refractivity contribution in [2.24, 2.45) is 0 Å². The van der Waals surface area contributed by atoms with Crippen LogP contribution in [0, 0.1) is 0 Å². The lowest BCUT2D eigenvalue weighted by Gasteiger charge is -2.33.